The van der Waals surface area contributed by atoms with E-state index in [9.17, 15) is 21.6 Å². The molecule has 1 fully saturated rings. The highest BCUT2D eigenvalue weighted by Crippen LogP contribution is 2.47. The Hall–Kier alpha value is -2.36. The van der Waals surface area contributed by atoms with Gasteiger partial charge in [0.25, 0.3) is 0 Å². The number of rotatable bonds is 7. The highest BCUT2D eigenvalue weighted by Gasteiger charge is 2.48. The molecule has 0 radical (unpaired) electrons. The molecule has 0 unspecified atom stereocenters. The van der Waals surface area contributed by atoms with Crippen molar-refractivity contribution in [1.82, 2.24) is 5.32 Å². The fourth-order valence-corrected chi connectivity index (χ4v) is 7.24. The van der Waals surface area contributed by atoms with Gasteiger partial charge in [0.15, 0.2) is 9.84 Å². The minimum absolute atomic E-state index is 0.0944. The quantitative estimate of drug-likeness (QED) is 0.330. The summed E-state index contributed by atoms with van der Waals surface area (Å²) in [6.07, 6.45) is -2.58. The fraction of sp³-hybridized carbons (Fsp3) is 0.333. The van der Waals surface area contributed by atoms with Crippen molar-refractivity contribution in [3.8, 4) is 5.75 Å². The molecule has 0 heterocycles. The van der Waals surface area contributed by atoms with Crippen LogP contribution in [0.2, 0.25) is 0 Å². The first kappa shape index (κ1) is 26.7. The third kappa shape index (κ3) is 5.48. The minimum atomic E-state index is -4.53. The van der Waals surface area contributed by atoms with Gasteiger partial charge in [0, 0.05) is 17.1 Å². The van der Waals surface area contributed by atoms with Crippen LogP contribution >= 0.6 is 15.9 Å². The summed E-state index contributed by atoms with van der Waals surface area (Å²) in [5.41, 5.74) is 0.878. The number of sulfone groups is 1. The van der Waals surface area contributed by atoms with Crippen molar-refractivity contribution in [2.24, 2.45) is 0 Å². The molecule has 4 rings (SSSR count). The normalized spacial score (nSPS) is 20.8. The van der Waals surface area contributed by atoms with Crippen LogP contribution in [0.1, 0.15) is 42.4 Å². The molecule has 0 aliphatic heterocycles. The van der Waals surface area contributed by atoms with Gasteiger partial charge in [0.2, 0.25) is 0 Å². The third-order valence-corrected chi connectivity index (χ3v) is 10.0. The lowest BCUT2D eigenvalue weighted by atomic mass is 9.80. The molecule has 0 amide bonds. The van der Waals surface area contributed by atoms with Gasteiger partial charge in [-0.1, -0.05) is 40.2 Å². The molecule has 3 aromatic rings. The lowest BCUT2D eigenvalue weighted by Crippen LogP contribution is -2.44. The van der Waals surface area contributed by atoms with E-state index in [1.165, 1.54) is 0 Å². The summed E-state index contributed by atoms with van der Waals surface area (Å²) in [7, 11) is -2.36. The van der Waals surface area contributed by atoms with E-state index in [-0.39, 0.29) is 10.9 Å². The van der Waals surface area contributed by atoms with E-state index in [1.807, 2.05) is 24.3 Å². The van der Waals surface area contributed by atoms with E-state index >= 15 is 0 Å². The summed E-state index contributed by atoms with van der Waals surface area (Å²) in [4.78, 5) is -0.0944. The number of benzene rings is 3. The summed E-state index contributed by atoms with van der Waals surface area (Å²) < 4.78 is 71.9. The first-order chi connectivity index (χ1) is 17.0. The molecule has 0 bridgehead atoms. The van der Waals surface area contributed by atoms with Gasteiger partial charge < -0.3 is 10.1 Å². The molecular weight excluding hydrogens is 555 g/mol. The van der Waals surface area contributed by atoms with E-state index in [4.69, 9.17) is 4.74 Å². The SMILES string of the molecule is COc1ccc(CNC2CCC(c3ccc(Br)cc3)(S(=O)(=O)c3ccc(C(F)(F)F)cc3)CC2)cc1. The molecule has 1 aliphatic rings. The molecule has 0 atom stereocenters. The summed E-state index contributed by atoms with van der Waals surface area (Å²) in [6.45, 7) is 0.644. The van der Waals surface area contributed by atoms with Crippen molar-refractivity contribution in [3.05, 3.63) is 94.0 Å². The zero-order chi connectivity index (χ0) is 26.0. The molecular formula is C27H27BrF3NO3S. The van der Waals surface area contributed by atoms with E-state index in [0.717, 1.165) is 40.1 Å². The standard InChI is InChI=1S/C27H27BrF3NO3S/c1-35-24-10-2-19(3-11-24)18-32-23-14-16-26(17-15-23,20-4-8-22(28)9-5-20)36(33,34)25-12-6-21(7-13-25)27(29,30)31/h2-13,23,32H,14-18H2,1H3. The van der Waals surface area contributed by atoms with Crippen LogP contribution in [0.15, 0.2) is 82.2 Å². The Morgan fingerprint density at radius 2 is 1.53 bits per heavy atom. The molecule has 4 nitrogen and oxygen atoms in total. The molecule has 1 saturated carbocycles. The van der Waals surface area contributed by atoms with E-state index in [1.54, 1.807) is 31.4 Å². The van der Waals surface area contributed by atoms with Gasteiger partial charge in [-0.3, -0.25) is 0 Å². The van der Waals surface area contributed by atoms with Crippen molar-refractivity contribution < 1.29 is 26.3 Å². The van der Waals surface area contributed by atoms with Crippen molar-refractivity contribution in [3.63, 3.8) is 0 Å². The van der Waals surface area contributed by atoms with Gasteiger partial charge in [-0.25, -0.2) is 8.42 Å². The molecule has 1 aliphatic carbocycles. The Balaban J connectivity index is 1.57. The number of ether oxygens (including phenoxy) is 1. The van der Waals surface area contributed by atoms with Crippen molar-refractivity contribution >= 4 is 25.8 Å². The maximum atomic E-state index is 14.0. The van der Waals surface area contributed by atoms with Crippen molar-refractivity contribution in [2.45, 2.75) is 54.1 Å². The zero-order valence-corrected chi connectivity index (χ0v) is 22.1. The molecule has 0 aromatic heterocycles. The summed E-state index contributed by atoms with van der Waals surface area (Å²) in [6, 6.07) is 18.9. The summed E-state index contributed by atoms with van der Waals surface area (Å²) >= 11 is 3.40. The molecule has 36 heavy (non-hydrogen) atoms. The predicted octanol–water partition coefficient (Wildman–Crippen LogP) is 6.88. The van der Waals surface area contributed by atoms with Gasteiger partial charge >= 0.3 is 6.18 Å². The monoisotopic (exact) mass is 581 g/mol. The smallest absolute Gasteiger partial charge is 0.416 e. The van der Waals surface area contributed by atoms with Gasteiger partial charge in [0.1, 0.15) is 10.5 Å². The van der Waals surface area contributed by atoms with Crippen LogP contribution < -0.4 is 10.1 Å². The maximum absolute atomic E-state index is 14.0. The van der Waals surface area contributed by atoms with Crippen LogP contribution in [0.5, 0.6) is 5.75 Å². The first-order valence-corrected chi connectivity index (χ1v) is 13.9. The zero-order valence-electron chi connectivity index (χ0n) is 19.7. The highest BCUT2D eigenvalue weighted by molar-refractivity contribution is 9.10. The Labute approximate surface area is 217 Å². The number of alkyl halides is 3. The van der Waals surface area contributed by atoms with E-state index in [0.29, 0.717) is 37.8 Å². The molecule has 0 spiro atoms. The van der Waals surface area contributed by atoms with Crippen LogP contribution in [0.4, 0.5) is 13.2 Å². The number of nitrogens with one attached hydrogen (secondary N) is 1. The van der Waals surface area contributed by atoms with Crippen LogP contribution in [-0.4, -0.2) is 21.6 Å². The van der Waals surface area contributed by atoms with Crippen LogP contribution in [0.3, 0.4) is 0 Å². The van der Waals surface area contributed by atoms with Crippen LogP contribution in [0, 0.1) is 0 Å². The number of hydrogen-bond acceptors (Lipinski definition) is 4. The van der Waals surface area contributed by atoms with Crippen molar-refractivity contribution in [1.29, 1.82) is 0 Å². The second kappa shape index (κ2) is 10.6. The van der Waals surface area contributed by atoms with Gasteiger partial charge in [0.05, 0.1) is 17.6 Å². The molecule has 1 N–H and O–H groups in total. The largest absolute Gasteiger partial charge is 0.497 e. The number of halogens is 4. The lowest BCUT2D eigenvalue weighted by Gasteiger charge is -2.40. The topological polar surface area (TPSA) is 55.4 Å². The van der Waals surface area contributed by atoms with Crippen LogP contribution in [-0.2, 0) is 27.3 Å². The second-order valence-electron chi connectivity index (χ2n) is 9.03. The average Bonchev–Trinajstić information content (AvgIpc) is 2.88. The molecule has 192 valence electrons. The minimum Gasteiger partial charge on any atom is -0.497 e. The lowest BCUT2D eigenvalue weighted by molar-refractivity contribution is -0.137. The fourth-order valence-electron chi connectivity index (χ4n) is 4.81. The maximum Gasteiger partial charge on any atom is 0.416 e. The number of hydrogen-bond donors (Lipinski definition) is 1. The van der Waals surface area contributed by atoms with Crippen molar-refractivity contribution in [2.75, 3.05) is 7.11 Å². The number of methoxy groups -OCH3 is 1. The van der Waals surface area contributed by atoms with Crippen LogP contribution in [0.25, 0.3) is 0 Å². The van der Waals surface area contributed by atoms with Gasteiger partial charge in [-0.2, -0.15) is 13.2 Å². The Morgan fingerprint density at radius 1 is 0.944 bits per heavy atom. The molecule has 9 heteroatoms. The van der Waals surface area contributed by atoms with E-state index < -0.39 is 26.3 Å². The van der Waals surface area contributed by atoms with E-state index in [2.05, 4.69) is 21.2 Å². The Bertz CT molecular complexity index is 1270. The second-order valence-corrected chi connectivity index (χ2v) is 12.2. The molecule has 3 aromatic carbocycles. The Morgan fingerprint density at radius 3 is 2.06 bits per heavy atom. The summed E-state index contributed by atoms with van der Waals surface area (Å²) in [5, 5.41) is 3.52. The Kier molecular flexibility index (Phi) is 7.83. The third-order valence-electron chi connectivity index (χ3n) is 6.92. The highest BCUT2D eigenvalue weighted by atomic mass is 79.9. The van der Waals surface area contributed by atoms with Gasteiger partial charge in [-0.15, -0.1) is 0 Å². The average molecular weight is 582 g/mol. The summed E-state index contributed by atoms with van der Waals surface area (Å²) in [5.74, 6) is 0.782. The first-order valence-electron chi connectivity index (χ1n) is 11.6. The van der Waals surface area contributed by atoms with Gasteiger partial charge in [-0.05, 0) is 85.3 Å². The predicted molar refractivity (Wildman–Crippen MR) is 137 cm³/mol. The molecule has 0 saturated heterocycles.